The van der Waals surface area contributed by atoms with Gasteiger partial charge in [-0.05, 0) is 42.8 Å². The first-order chi connectivity index (χ1) is 11.7. The van der Waals surface area contributed by atoms with Gasteiger partial charge in [0.1, 0.15) is 0 Å². The number of hydrogen-bond donors (Lipinski definition) is 1. The normalized spacial score (nSPS) is 19.8. The average Bonchev–Trinajstić information content (AvgIpc) is 2.54. The number of carbonyl (C=O) groups is 2. The van der Waals surface area contributed by atoms with Gasteiger partial charge in [0.05, 0.1) is 11.1 Å². The molecule has 1 aliphatic rings. The van der Waals surface area contributed by atoms with Gasteiger partial charge >= 0.3 is 12.1 Å². The topological polar surface area (TPSA) is 55.4 Å². The monoisotopic (exact) mass is 349 g/mol. The van der Waals surface area contributed by atoms with Crippen LogP contribution >= 0.6 is 0 Å². The van der Waals surface area contributed by atoms with Gasteiger partial charge in [0.25, 0.3) is 5.91 Å². The van der Waals surface area contributed by atoms with Crippen LogP contribution in [0.4, 0.5) is 18.9 Å². The van der Waals surface area contributed by atoms with Crippen molar-refractivity contribution in [1.29, 1.82) is 0 Å². The lowest BCUT2D eigenvalue weighted by Crippen LogP contribution is -2.48. The molecule has 0 aliphatic carbocycles. The Bertz CT molecular complexity index is 830. The number of cyclic esters (lactones) is 1. The number of halogens is 3. The van der Waals surface area contributed by atoms with Gasteiger partial charge in [-0.25, -0.2) is 4.79 Å². The quantitative estimate of drug-likeness (QED) is 0.839. The van der Waals surface area contributed by atoms with Crippen LogP contribution in [-0.2, 0) is 22.1 Å². The van der Waals surface area contributed by atoms with E-state index in [1.54, 1.807) is 24.3 Å². The Morgan fingerprint density at radius 3 is 2.40 bits per heavy atom. The number of amides is 1. The number of alkyl halides is 3. The molecule has 1 amide bonds. The molecule has 130 valence electrons. The van der Waals surface area contributed by atoms with Gasteiger partial charge in [0.15, 0.2) is 5.60 Å². The van der Waals surface area contributed by atoms with Crippen molar-refractivity contribution in [3.05, 3.63) is 65.2 Å². The molecule has 1 heterocycles. The molecule has 0 aromatic heterocycles. The first kappa shape index (κ1) is 17.0. The van der Waals surface area contributed by atoms with Crippen LogP contribution in [0.3, 0.4) is 0 Å². The van der Waals surface area contributed by atoms with Gasteiger partial charge in [-0.3, -0.25) is 4.79 Å². The fourth-order valence-electron chi connectivity index (χ4n) is 2.67. The number of benzene rings is 2. The summed E-state index contributed by atoms with van der Waals surface area (Å²) in [7, 11) is 0. The van der Waals surface area contributed by atoms with Crippen LogP contribution in [0.15, 0.2) is 48.5 Å². The molecule has 4 nitrogen and oxygen atoms in total. The highest BCUT2D eigenvalue weighted by molar-refractivity contribution is 6.02. The predicted octanol–water partition coefficient (Wildman–Crippen LogP) is 3.82. The summed E-state index contributed by atoms with van der Waals surface area (Å²) in [4.78, 5) is 24.6. The Morgan fingerprint density at radius 2 is 1.76 bits per heavy atom. The number of nitrogens with one attached hydrogen (secondary N) is 1. The fraction of sp³-hybridized carbons (Fsp3) is 0.222. The molecular weight excluding hydrogens is 335 g/mol. The molecule has 0 saturated carbocycles. The van der Waals surface area contributed by atoms with E-state index in [4.69, 9.17) is 4.74 Å². The number of fused-ring (bicyclic) bond motifs is 1. The van der Waals surface area contributed by atoms with Crippen LogP contribution in [0.1, 0.15) is 28.4 Å². The van der Waals surface area contributed by atoms with E-state index in [1.807, 2.05) is 0 Å². The number of anilines is 1. The van der Waals surface area contributed by atoms with Crippen LogP contribution in [-0.4, -0.2) is 17.5 Å². The number of esters is 1. The SMILES string of the molecule is CC1(C(=O)Nc2ccc(C(F)(F)F)cc2)Cc2ccccc2C(=O)O1. The van der Waals surface area contributed by atoms with E-state index in [0.717, 1.165) is 24.3 Å². The predicted molar refractivity (Wildman–Crippen MR) is 84.0 cm³/mol. The third-order valence-electron chi connectivity index (χ3n) is 4.03. The average molecular weight is 349 g/mol. The second-order valence-corrected chi connectivity index (χ2v) is 5.98. The maximum Gasteiger partial charge on any atom is 0.416 e. The van der Waals surface area contributed by atoms with Crippen molar-refractivity contribution in [2.45, 2.75) is 25.1 Å². The lowest BCUT2D eigenvalue weighted by molar-refractivity contribution is -0.137. The van der Waals surface area contributed by atoms with Crippen molar-refractivity contribution >= 4 is 17.6 Å². The van der Waals surface area contributed by atoms with Gasteiger partial charge in [-0.15, -0.1) is 0 Å². The second-order valence-electron chi connectivity index (χ2n) is 5.98. The molecule has 1 atom stereocenters. The minimum Gasteiger partial charge on any atom is -0.445 e. The highest BCUT2D eigenvalue weighted by atomic mass is 19.4. The smallest absolute Gasteiger partial charge is 0.416 e. The molecule has 2 aromatic rings. The van der Waals surface area contributed by atoms with Crippen LogP contribution in [0, 0.1) is 0 Å². The third-order valence-corrected chi connectivity index (χ3v) is 4.03. The van der Waals surface area contributed by atoms with Crippen LogP contribution in [0.2, 0.25) is 0 Å². The zero-order chi connectivity index (χ0) is 18.2. The number of hydrogen-bond acceptors (Lipinski definition) is 3. The Morgan fingerprint density at radius 1 is 1.12 bits per heavy atom. The van der Waals surface area contributed by atoms with Crippen LogP contribution in [0.25, 0.3) is 0 Å². The largest absolute Gasteiger partial charge is 0.445 e. The molecule has 1 aliphatic heterocycles. The van der Waals surface area contributed by atoms with Gasteiger partial charge in [-0.2, -0.15) is 13.2 Å². The molecule has 25 heavy (non-hydrogen) atoms. The third kappa shape index (κ3) is 3.35. The Hall–Kier alpha value is -2.83. The Kier molecular flexibility index (Phi) is 4.02. The minimum absolute atomic E-state index is 0.182. The van der Waals surface area contributed by atoms with Crippen LogP contribution in [0.5, 0.6) is 0 Å². The van der Waals surface area contributed by atoms with Crippen molar-refractivity contribution in [3.63, 3.8) is 0 Å². The van der Waals surface area contributed by atoms with E-state index >= 15 is 0 Å². The highest BCUT2D eigenvalue weighted by Crippen LogP contribution is 2.31. The summed E-state index contributed by atoms with van der Waals surface area (Å²) in [6.07, 6.45) is -4.27. The Balaban J connectivity index is 1.78. The molecule has 3 rings (SSSR count). The van der Waals surface area contributed by atoms with Crippen molar-refractivity contribution in [2.24, 2.45) is 0 Å². The van der Waals surface area contributed by atoms with E-state index < -0.39 is 29.2 Å². The summed E-state index contributed by atoms with van der Waals surface area (Å²) >= 11 is 0. The first-order valence-electron chi connectivity index (χ1n) is 7.49. The molecule has 0 bridgehead atoms. The molecular formula is C18H14F3NO3. The maximum absolute atomic E-state index is 12.6. The summed E-state index contributed by atoms with van der Waals surface area (Å²) in [5.41, 5.74) is -0.969. The van der Waals surface area contributed by atoms with Crippen molar-refractivity contribution in [1.82, 2.24) is 0 Å². The summed E-state index contributed by atoms with van der Waals surface area (Å²) in [5.74, 6) is -1.21. The second kappa shape index (κ2) is 5.91. The van der Waals surface area contributed by atoms with Crippen molar-refractivity contribution in [2.75, 3.05) is 5.32 Å². The zero-order valence-electron chi connectivity index (χ0n) is 13.2. The van der Waals surface area contributed by atoms with Crippen molar-refractivity contribution in [3.8, 4) is 0 Å². The van der Waals surface area contributed by atoms with Crippen molar-refractivity contribution < 1.29 is 27.5 Å². The number of rotatable bonds is 2. The fourth-order valence-corrected chi connectivity index (χ4v) is 2.67. The van der Waals surface area contributed by atoms with Gasteiger partial charge in [0.2, 0.25) is 0 Å². The van der Waals surface area contributed by atoms with Crippen LogP contribution < -0.4 is 5.32 Å². The number of carbonyl (C=O) groups excluding carboxylic acids is 2. The molecule has 0 spiro atoms. The zero-order valence-corrected chi connectivity index (χ0v) is 13.2. The number of ether oxygens (including phenoxy) is 1. The van der Waals surface area contributed by atoms with Gasteiger partial charge in [0, 0.05) is 12.1 Å². The summed E-state index contributed by atoms with van der Waals surface area (Å²) in [6, 6.07) is 10.9. The van der Waals surface area contributed by atoms with E-state index in [2.05, 4.69) is 5.32 Å². The summed E-state index contributed by atoms with van der Waals surface area (Å²) in [6.45, 7) is 1.47. The molecule has 1 N–H and O–H groups in total. The van der Waals surface area contributed by atoms with E-state index in [1.165, 1.54) is 6.92 Å². The highest BCUT2D eigenvalue weighted by Gasteiger charge is 2.42. The summed E-state index contributed by atoms with van der Waals surface area (Å²) < 4.78 is 43.0. The standard InChI is InChI=1S/C18H14F3NO3/c1-17(10-11-4-2-3-5-14(11)15(23)25-17)16(24)22-13-8-6-12(7-9-13)18(19,20)21/h2-9H,10H2,1H3,(H,22,24). The minimum atomic E-state index is -4.45. The molecule has 0 radical (unpaired) electrons. The van der Waals surface area contributed by atoms with E-state index in [9.17, 15) is 22.8 Å². The lowest BCUT2D eigenvalue weighted by atomic mass is 9.89. The maximum atomic E-state index is 12.6. The van der Waals surface area contributed by atoms with Gasteiger partial charge < -0.3 is 10.1 Å². The molecule has 0 fully saturated rings. The molecule has 7 heteroatoms. The lowest BCUT2D eigenvalue weighted by Gasteiger charge is -2.33. The molecule has 2 aromatic carbocycles. The molecule has 1 unspecified atom stereocenters. The first-order valence-corrected chi connectivity index (χ1v) is 7.49. The summed E-state index contributed by atoms with van der Waals surface area (Å²) in [5, 5.41) is 2.50. The van der Waals surface area contributed by atoms with E-state index in [-0.39, 0.29) is 12.1 Å². The molecule has 0 saturated heterocycles. The Labute approximate surface area is 141 Å². The van der Waals surface area contributed by atoms with E-state index in [0.29, 0.717) is 11.1 Å². The van der Waals surface area contributed by atoms with Gasteiger partial charge in [-0.1, -0.05) is 18.2 Å².